The van der Waals surface area contributed by atoms with Crippen molar-refractivity contribution >= 4 is 5.91 Å². The molecule has 2 rings (SSSR count). The fourth-order valence-corrected chi connectivity index (χ4v) is 2.27. The normalized spacial score (nSPS) is 20.4. The topological polar surface area (TPSA) is 62.5 Å². The Labute approximate surface area is 107 Å². The Kier molecular flexibility index (Phi) is 3.96. The molecule has 100 valence electrons. The maximum Gasteiger partial charge on any atom is 0.236 e. The molecule has 1 aliphatic rings. The molecule has 6 heteroatoms. The zero-order valence-electron chi connectivity index (χ0n) is 11.2. The molecule has 1 fully saturated rings. The number of hydrogen-bond acceptors (Lipinski definition) is 5. The van der Waals surface area contributed by atoms with Gasteiger partial charge in [0, 0.05) is 25.9 Å². The number of piperidine rings is 1. The second-order valence-corrected chi connectivity index (χ2v) is 5.09. The Morgan fingerprint density at radius 1 is 1.56 bits per heavy atom. The first-order valence-corrected chi connectivity index (χ1v) is 6.29. The molecule has 1 amide bonds. The zero-order valence-corrected chi connectivity index (χ0v) is 11.2. The van der Waals surface area contributed by atoms with Crippen molar-refractivity contribution in [1.29, 1.82) is 0 Å². The number of hydrogen-bond donors (Lipinski definition) is 0. The second kappa shape index (κ2) is 5.48. The van der Waals surface area contributed by atoms with E-state index < -0.39 is 0 Å². The maximum atomic E-state index is 12.0. The summed E-state index contributed by atoms with van der Waals surface area (Å²) in [6.07, 6.45) is 2.02. The van der Waals surface area contributed by atoms with E-state index in [1.807, 2.05) is 23.9 Å². The van der Waals surface area contributed by atoms with E-state index in [1.165, 1.54) is 0 Å². The van der Waals surface area contributed by atoms with Crippen molar-refractivity contribution in [3.05, 3.63) is 11.7 Å². The standard InChI is InChI=1S/C12H20N4O2/c1-9-13-12(14-18-9)10-5-4-6-16(7-10)11(17)8-15(2)3/h10H,4-8H2,1-3H3/t10-/m1/s1. The van der Waals surface area contributed by atoms with Gasteiger partial charge in [0.25, 0.3) is 0 Å². The van der Waals surface area contributed by atoms with E-state index in [9.17, 15) is 4.79 Å². The highest BCUT2D eigenvalue weighted by Gasteiger charge is 2.27. The third kappa shape index (κ3) is 3.07. The Morgan fingerprint density at radius 2 is 2.33 bits per heavy atom. The van der Waals surface area contributed by atoms with Crippen LogP contribution in [0.5, 0.6) is 0 Å². The summed E-state index contributed by atoms with van der Waals surface area (Å²) >= 11 is 0. The van der Waals surface area contributed by atoms with Crippen LogP contribution in [0.25, 0.3) is 0 Å². The maximum absolute atomic E-state index is 12.0. The van der Waals surface area contributed by atoms with Gasteiger partial charge in [0.2, 0.25) is 11.8 Å². The molecule has 1 aliphatic heterocycles. The Hall–Kier alpha value is -1.43. The van der Waals surface area contributed by atoms with Crippen LogP contribution >= 0.6 is 0 Å². The second-order valence-electron chi connectivity index (χ2n) is 5.09. The summed E-state index contributed by atoms with van der Waals surface area (Å²) < 4.78 is 5.01. The third-order valence-electron chi connectivity index (χ3n) is 3.13. The summed E-state index contributed by atoms with van der Waals surface area (Å²) in [5.74, 6) is 1.70. The van der Waals surface area contributed by atoms with Crippen molar-refractivity contribution in [2.24, 2.45) is 0 Å². The van der Waals surface area contributed by atoms with Gasteiger partial charge in [0.15, 0.2) is 5.82 Å². The molecule has 0 unspecified atom stereocenters. The van der Waals surface area contributed by atoms with Crippen LogP contribution in [0.4, 0.5) is 0 Å². The van der Waals surface area contributed by atoms with Crippen LogP contribution in [0.3, 0.4) is 0 Å². The molecule has 1 aromatic heterocycles. The molecule has 2 heterocycles. The molecule has 1 atom stereocenters. The van der Waals surface area contributed by atoms with Gasteiger partial charge in [0.1, 0.15) is 0 Å². The monoisotopic (exact) mass is 252 g/mol. The molecule has 0 spiro atoms. The van der Waals surface area contributed by atoms with Gasteiger partial charge < -0.3 is 14.3 Å². The molecule has 1 saturated heterocycles. The van der Waals surface area contributed by atoms with Gasteiger partial charge in [0.05, 0.1) is 6.54 Å². The number of rotatable bonds is 3. The van der Waals surface area contributed by atoms with E-state index in [4.69, 9.17) is 4.52 Å². The number of aryl methyl sites for hydroxylation is 1. The molecule has 18 heavy (non-hydrogen) atoms. The summed E-state index contributed by atoms with van der Waals surface area (Å²) in [6.45, 7) is 3.78. The molecular weight excluding hydrogens is 232 g/mol. The van der Waals surface area contributed by atoms with Gasteiger partial charge in [-0.2, -0.15) is 4.98 Å². The number of likely N-dealkylation sites (tertiary alicyclic amines) is 1. The first kappa shape index (κ1) is 13.0. The average molecular weight is 252 g/mol. The van der Waals surface area contributed by atoms with Gasteiger partial charge >= 0.3 is 0 Å². The van der Waals surface area contributed by atoms with E-state index in [0.717, 1.165) is 25.2 Å². The van der Waals surface area contributed by atoms with E-state index in [0.29, 0.717) is 19.0 Å². The van der Waals surface area contributed by atoms with Crippen molar-refractivity contribution in [2.75, 3.05) is 33.7 Å². The highest BCUT2D eigenvalue weighted by Crippen LogP contribution is 2.24. The van der Waals surface area contributed by atoms with Gasteiger partial charge in [-0.15, -0.1) is 0 Å². The summed E-state index contributed by atoms with van der Waals surface area (Å²) in [5.41, 5.74) is 0. The van der Waals surface area contributed by atoms with Crippen molar-refractivity contribution in [1.82, 2.24) is 19.9 Å². The Bertz CT molecular complexity index is 416. The average Bonchev–Trinajstić information content (AvgIpc) is 2.75. The molecule has 1 aromatic rings. The van der Waals surface area contributed by atoms with E-state index >= 15 is 0 Å². The minimum absolute atomic E-state index is 0.171. The molecule has 0 saturated carbocycles. The summed E-state index contributed by atoms with van der Waals surface area (Å²) in [6, 6.07) is 0. The van der Waals surface area contributed by atoms with Gasteiger partial charge in [-0.1, -0.05) is 5.16 Å². The highest BCUT2D eigenvalue weighted by molar-refractivity contribution is 5.78. The lowest BCUT2D eigenvalue weighted by Gasteiger charge is -2.32. The van der Waals surface area contributed by atoms with Crippen molar-refractivity contribution in [3.63, 3.8) is 0 Å². The van der Waals surface area contributed by atoms with Crippen molar-refractivity contribution in [3.8, 4) is 0 Å². The van der Waals surface area contributed by atoms with Crippen LogP contribution in [0.15, 0.2) is 4.52 Å². The van der Waals surface area contributed by atoms with Crippen molar-refractivity contribution in [2.45, 2.75) is 25.7 Å². The largest absolute Gasteiger partial charge is 0.341 e. The number of carbonyl (C=O) groups is 1. The first-order valence-electron chi connectivity index (χ1n) is 6.29. The number of amides is 1. The molecular formula is C12H20N4O2. The summed E-state index contributed by atoms with van der Waals surface area (Å²) in [7, 11) is 3.81. The minimum atomic E-state index is 0.171. The van der Waals surface area contributed by atoms with Gasteiger partial charge in [-0.05, 0) is 26.9 Å². The van der Waals surface area contributed by atoms with Crippen LogP contribution in [-0.4, -0.2) is 59.6 Å². The number of carbonyl (C=O) groups excluding carboxylic acids is 1. The smallest absolute Gasteiger partial charge is 0.236 e. The predicted octanol–water partition coefficient (Wildman–Crippen LogP) is 0.646. The zero-order chi connectivity index (χ0) is 13.1. The quantitative estimate of drug-likeness (QED) is 0.790. The fourth-order valence-electron chi connectivity index (χ4n) is 2.27. The lowest BCUT2D eigenvalue weighted by Crippen LogP contribution is -2.43. The summed E-state index contributed by atoms with van der Waals surface area (Å²) in [4.78, 5) is 20.1. The third-order valence-corrected chi connectivity index (χ3v) is 3.13. The van der Waals surface area contributed by atoms with E-state index in [-0.39, 0.29) is 11.8 Å². The lowest BCUT2D eigenvalue weighted by atomic mass is 9.97. The van der Waals surface area contributed by atoms with Crippen LogP contribution in [0.2, 0.25) is 0 Å². The van der Waals surface area contributed by atoms with Crippen LogP contribution in [0, 0.1) is 6.92 Å². The molecule has 0 aliphatic carbocycles. The van der Waals surface area contributed by atoms with Gasteiger partial charge in [-0.3, -0.25) is 4.79 Å². The first-order chi connectivity index (χ1) is 8.56. The number of nitrogens with zero attached hydrogens (tertiary/aromatic N) is 4. The van der Waals surface area contributed by atoms with Crippen molar-refractivity contribution < 1.29 is 9.32 Å². The Balaban J connectivity index is 1.98. The fraction of sp³-hybridized carbons (Fsp3) is 0.750. The molecule has 0 aromatic carbocycles. The number of aromatic nitrogens is 2. The molecule has 0 bridgehead atoms. The minimum Gasteiger partial charge on any atom is -0.341 e. The molecule has 0 N–H and O–H groups in total. The SMILES string of the molecule is Cc1nc([C@@H]2CCCN(C(=O)CN(C)C)C2)no1. The Morgan fingerprint density at radius 3 is 2.94 bits per heavy atom. The number of likely N-dealkylation sites (N-methyl/N-ethyl adjacent to an activating group) is 1. The van der Waals surface area contributed by atoms with E-state index in [1.54, 1.807) is 6.92 Å². The summed E-state index contributed by atoms with van der Waals surface area (Å²) in [5, 5.41) is 3.96. The predicted molar refractivity (Wildman–Crippen MR) is 66.1 cm³/mol. The highest BCUT2D eigenvalue weighted by atomic mass is 16.5. The van der Waals surface area contributed by atoms with Crippen LogP contribution < -0.4 is 0 Å². The van der Waals surface area contributed by atoms with Gasteiger partial charge in [-0.25, -0.2) is 0 Å². The van der Waals surface area contributed by atoms with E-state index in [2.05, 4.69) is 10.1 Å². The van der Waals surface area contributed by atoms with Crippen LogP contribution in [-0.2, 0) is 4.79 Å². The molecule has 0 radical (unpaired) electrons. The lowest BCUT2D eigenvalue weighted by molar-refractivity contribution is -0.133. The van der Waals surface area contributed by atoms with Crippen LogP contribution in [0.1, 0.15) is 30.5 Å². The molecule has 6 nitrogen and oxygen atoms in total.